The van der Waals surface area contributed by atoms with Crippen molar-refractivity contribution in [2.24, 2.45) is 0 Å². The first-order chi connectivity index (χ1) is 7.42. The van der Waals surface area contributed by atoms with Crippen molar-refractivity contribution in [1.82, 2.24) is 15.2 Å². The van der Waals surface area contributed by atoms with Crippen LogP contribution in [-0.2, 0) is 13.0 Å². The second-order valence-corrected chi connectivity index (χ2v) is 5.33. The number of fused-ring (bicyclic) bond motifs is 1. The predicted octanol–water partition coefficient (Wildman–Crippen LogP) is 1.05. The minimum absolute atomic E-state index is 0.725. The molecule has 1 radical (unpaired) electrons. The van der Waals surface area contributed by atoms with Crippen molar-refractivity contribution in [3.05, 3.63) is 16.1 Å². The van der Waals surface area contributed by atoms with Gasteiger partial charge in [0.2, 0.25) is 0 Å². The van der Waals surface area contributed by atoms with Crippen molar-refractivity contribution in [3.63, 3.8) is 0 Å². The summed E-state index contributed by atoms with van der Waals surface area (Å²) in [6, 6.07) is 0.725. The lowest BCUT2D eigenvalue weighted by Crippen LogP contribution is -2.39. The second-order valence-electron chi connectivity index (χ2n) is 4.45. The molecule has 15 heavy (non-hydrogen) atoms. The number of rotatable bonds is 2. The number of aromatic nitrogens is 1. The summed E-state index contributed by atoms with van der Waals surface area (Å²) in [7, 11) is 0. The Labute approximate surface area is 94.5 Å². The van der Waals surface area contributed by atoms with E-state index in [-0.39, 0.29) is 0 Å². The van der Waals surface area contributed by atoms with Crippen LogP contribution in [0, 0.1) is 5.51 Å². The second kappa shape index (κ2) is 4.20. The van der Waals surface area contributed by atoms with Gasteiger partial charge in [0.25, 0.3) is 0 Å². The minimum atomic E-state index is 0.725. The molecule has 4 heteroatoms. The highest BCUT2D eigenvalue weighted by Gasteiger charge is 2.22. The summed E-state index contributed by atoms with van der Waals surface area (Å²) in [5.74, 6) is 0. The molecule has 3 rings (SSSR count). The maximum Gasteiger partial charge on any atom is 0.152 e. The quantitative estimate of drug-likeness (QED) is 0.811. The largest absolute Gasteiger partial charge is 0.313 e. The topological polar surface area (TPSA) is 28.2 Å². The van der Waals surface area contributed by atoms with E-state index in [4.69, 9.17) is 0 Å². The van der Waals surface area contributed by atoms with Gasteiger partial charge in [0.1, 0.15) is 0 Å². The van der Waals surface area contributed by atoms with Gasteiger partial charge >= 0.3 is 0 Å². The van der Waals surface area contributed by atoms with Crippen LogP contribution in [0.25, 0.3) is 0 Å². The molecule has 1 N–H and O–H groups in total. The van der Waals surface area contributed by atoms with Crippen LogP contribution in [0.3, 0.4) is 0 Å². The zero-order valence-electron chi connectivity index (χ0n) is 8.83. The van der Waals surface area contributed by atoms with Gasteiger partial charge in [-0.2, -0.15) is 0 Å². The molecule has 2 aliphatic heterocycles. The molecule has 0 amide bonds. The van der Waals surface area contributed by atoms with Gasteiger partial charge in [-0.25, -0.2) is 4.98 Å². The first-order valence-electron chi connectivity index (χ1n) is 5.72. The van der Waals surface area contributed by atoms with E-state index in [2.05, 4.69) is 20.7 Å². The summed E-state index contributed by atoms with van der Waals surface area (Å²) in [6.45, 7) is 4.67. The Morgan fingerprint density at radius 2 is 2.60 bits per heavy atom. The fourth-order valence-corrected chi connectivity index (χ4v) is 3.28. The van der Waals surface area contributed by atoms with Crippen molar-refractivity contribution in [1.29, 1.82) is 0 Å². The van der Waals surface area contributed by atoms with Crippen LogP contribution in [0.4, 0.5) is 0 Å². The maximum absolute atomic E-state index is 4.27. The summed E-state index contributed by atoms with van der Waals surface area (Å²) >= 11 is 1.69. The number of nitrogens with zero attached hydrogens (tertiary/aromatic N) is 2. The molecule has 2 aliphatic rings. The molecule has 81 valence electrons. The summed E-state index contributed by atoms with van der Waals surface area (Å²) in [6.07, 6.45) is 3.80. The first kappa shape index (κ1) is 9.75. The van der Waals surface area contributed by atoms with Gasteiger partial charge in [-0.1, -0.05) is 0 Å². The lowest BCUT2D eigenvalue weighted by Gasteiger charge is -2.28. The highest BCUT2D eigenvalue weighted by Crippen LogP contribution is 2.21. The zero-order valence-corrected chi connectivity index (χ0v) is 9.65. The number of hydrogen-bond donors (Lipinski definition) is 1. The van der Waals surface area contributed by atoms with Gasteiger partial charge in [0.15, 0.2) is 5.51 Å². The monoisotopic (exact) mass is 222 g/mol. The van der Waals surface area contributed by atoms with Crippen LogP contribution in [0.15, 0.2) is 0 Å². The molecule has 3 heterocycles. The van der Waals surface area contributed by atoms with Crippen LogP contribution in [-0.4, -0.2) is 35.6 Å². The van der Waals surface area contributed by atoms with E-state index in [1.165, 1.54) is 43.0 Å². The minimum Gasteiger partial charge on any atom is -0.313 e. The van der Waals surface area contributed by atoms with Gasteiger partial charge in [0.05, 0.1) is 5.69 Å². The Kier molecular flexibility index (Phi) is 2.73. The number of hydrogen-bond acceptors (Lipinski definition) is 4. The molecule has 1 saturated heterocycles. The molecular weight excluding hydrogens is 206 g/mol. The molecule has 0 aromatic carbocycles. The highest BCUT2D eigenvalue weighted by molar-refractivity contribution is 7.09. The smallest absolute Gasteiger partial charge is 0.152 e. The van der Waals surface area contributed by atoms with E-state index in [0.29, 0.717) is 0 Å². The molecule has 1 fully saturated rings. The van der Waals surface area contributed by atoms with Crippen molar-refractivity contribution in [3.8, 4) is 0 Å². The Morgan fingerprint density at radius 3 is 3.47 bits per heavy atom. The summed E-state index contributed by atoms with van der Waals surface area (Å²) in [5.41, 5.74) is 4.29. The molecule has 3 nitrogen and oxygen atoms in total. The van der Waals surface area contributed by atoms with Gasteiger partial charge in [0, 0.05) is 37.0 Å². The van der Waals surface area contributed by atoms with Gasteiger partial charge in [-0.15, -0.1) is 11.3 Å². The normalized spacial score (nSPS) is 26.8. The van der Waals surface area contributed by atoms with Crippen LogP contribution >= 0.6 is 11.3 Å². The van der Waals surface area contributed by atoms with Crippen LogP contribution in [0.2, 0.25) is 0 Å². The van der Waals surface area contributed by atoms with Gasteiger partial charge in [-0.05, 0) is 19.4 Å². The maximum atomic E-state index is 4.27. The van der Waals surface area contributed by atoms with Gasteiger partial charge in [-0.3, -0.25) is 4.90 Å². The highest BCUT2D eigenvalue weighted by atomic mass is 32.1. The molecule has 1 aromatic rings. The fourth-order valence-electron chi connectivity index (χ4n) is 2.50. The zero-order chi connectivity index (χ0) is 10.1. The standard InChI is InChI=1S/C11H16N3S/c1-2-9(12-4-1)6-14-5-3-10-11(7-14)15-8-13-10/h9,12H,1-7H2/t9-/m0/s1. The van der Waals surface area contributed by atoms with Crippen molar-refractivity contribution < 1.29 is 0 Å². The van der Waals surface area contributed by atoms with Crippen LogP contribution in [0.1, 0.15) is 23.4 Å². The molecular formula is C11H16N3S. The van der Waals surface area contributed by atoms with E-state index in [1.807, 2.05) is 0 Å². The van der Waals surface area contributed by atoms with Crippen molar-refractivity contribution >= 4 is 11.3 Å². The molecule has 0 saturated carbocycles. The first-order valence-corrected chi connectivity index (χ1v) is 6.54. The summed E-state index contributed by atoms with van der Waals surface area (Å²) in [5, 5.41) is 3.56. The number of thiazole rings is 1. The molecule has 0 aliphatic carbocycles. The molecule has 0 unspecified atom stereocenters. The van der Waals surface area contributed by atoms with Crippen LogP contribution in [0.5, 0.6) is 0 Å². The van der Waals surface area contributed by atoms with Crippen molar-refractivity contribution in [2.75, 3.05) is 19.6 Å². The van der Waals surface area contributed by atoms with E-state index in [1.54, 1.807) is 11.3 Å². The third kappa shape index (κ3) is 2.07. The summed E-state index contributed by atoms with van der Waals surface area (Å²) in [4.78, 5) is 8.26. The summed E-state index contributed by atoms with van der Waals surface area (Å²) < 4.78 is 0. The average molecular weight is 222 g/mol. The third-order valence-corrected chi connectivity index (χ3v) is 4.14. The Hall–Kier alpha value is -0.450. The molecule has 0 spiro atoms. The van der Waals surface area contributed by atoms with E-state index in [9.17, 15) is 0 Å². The van der Waals surface area contributed by atoms with Crippen molar-refractivity contribution in [2.45, 2.75) is 31.8 Å². The number of nitrogens with one attached hydrogen (secondary N) is 1. The van der Waals surface area contributed by atoms with E-state index in [0.717, 1.165) is 19.0 Å². The lowest BCUT2D eigenvalue weighted by molar-refractivity contribution is 0.233. The molecule has 1 aromatic heterocycles. The van der Waals surface area contributed by atoms with Crippen LogP contribution < -0.4 is 5.32 Å². The molecule has 0 bridgehead atoms. The van der Waals surface area contributed by atoms with E-state index < -0.39 is 0 Å². The molecule has 1 atom stereocenters. The Morgan fingerprint density at radius 1 is 1.60 bits per heavy atom. The SMILES string of the molecule is [c]1nc2c(s1)CN(C[C@@H]1CCCN1)CC2. The lowest BCUT2D eigenvalue weighted by atomic mass is 10.1. The fraction of sp³-hybridized carbons (Fsp3) is 0.727. The third-order valence-electron chi connectivity index (χ3n) is 3.34. The van der Waals surface area contributed by atoms with E-state index >= 15 is 0 Å². The Balaban J connectivity index is 1.61. The Bertz CT molecular complexity index is 330. The predicted molar refractivity (Wildman–Crippen MR) is 61.0 cm³/mol. The average Bonchev–Trinajstić information content (AvgIpc) is 2.87. The van der Waals surface area contributed by atoms with Gasteiger partial charge < -0.3 is 5.32 Å².